The fraction of sp³-hybridized carbons (Fsp3) is 0.429. The smallest absolute Gasteiger partial charge is 0.0654 e. The molecule has 138 valence electrons. The van der Waals surface area contributed by atoms with Crippen LogP contribution in [-0.4, -0.2) is 19.1 Å². The summed E-state index contributed by atoms with van der Waals surface area (Å²) >= 11 is 18.7. The van der Waals surface area contributed by atoms with Gasteiger partial charge in [0, 0.05) is 22.6 Å². The van der Waals surface area contributed by atoms with Gasteiger partial charge in [-0.2, -0.15) is 0 Å². The maximum absolute atomic E-state index is 6.53. The fourth-order valence-corrected chi connectivity index (χ4v) is 4.45. The van der Waals surface area contributed by atoms with Crippen molar-refractivity contribution in [1.29, 1.82) is 0 Å². The third kappa shape index (κ3) is 4.31. The zero-order valence-corrected chi connectivity index (χ0v) is 16.9. The summed E-state index contributed by atoms with van der Waals surface area (Å²) < 4.78 is 0. The Labute approximate surface area is 170 Å². The van der Waals surface area contributed by atoms with E-state index < -0.39 is 0 Å². The molecule has 0 bridgehead atoms. The Hall–Kier alpha value is -0.930. The van der Waals surface area contributed by atoms with E-state index in [1.54, 1.807) is 0 Å². The Balaban J connectivity index is 1.59. The summed E-state index contributed by atoms with van der Waals surface area (Å²) in [6.07, 6.45) is 4.95. The second-order valence-electron chi connectivity index (χ2n) is 7.43. The molecule has 2 nitrogen and oxygen atoms in total. The number of halogens is 3. The van der Waals surface area contributed by atoms with Crippen LogP contribution in [0.25, 0.3) is 0 Å². The molecule has 4 rings (SSSR count). The summed E-state index contributed by atoms with van der Waals surface area (Å²) in [6.45, 7) is 2.12. The molecule has 5 heteroatoms. The van der Waals surface area contributed by atoms with Crippen molar-refractivity contribution >= 4 is 40.5 Å². The molecule has 1 aliphatic carbocycles. The van der Waals surface area contributed by atoms with Crippen LogP contribution in [0.1, 0.15) is 37.3 Å². The summed E-state index contributed by atoms with van der Waals surface area (Å²) in [7, 11) is 0. The van der Waals surface area contributed by atoms with E-state index in [4.69, 9.17) is 34.8 Å². The van der Waals surface area contributed by atoms with Gasteiger partial charge in [0.2, 0.25) is 0 Å². The molecule has 2 atom stereocenters. The first-order valence-corrected chi connectivity index (χ1v) is 10.4. The first-order valence-electron chi connectivity index (χ1n) is 9.30. The molecule has 2 unspecified atom stereocenters. The van der Waals surface area contributed by atoms with Gasteiger partial charge in [0.05, 0.1) is 16.8 Å². The van der Waals surface area contributed by atoms with Gasteiger partial charge < -0.3 is 10.2 Å². The zero-order valence-electron chi connectivity index (χ0n) is 14.6. The van der Waals surface area contributed by atoms with E-state index in [2.05, 4.69) is 22.3 Å². The number of hydrogen-bond donors (Lipinski definition) is 1. The van der Waals surface area contributed by atoms with Gasteiger partial charge in [-0.15, -0.1) is 0 Å². The summed E-state index contributed by atoms with van der Waals surface area (Å²) in [4.78, 5) is 2.41. The van der Waals surface area contributed by atoms with Crippen molar-refractivity contribution in [3.63, 3.8) is 0 Å². The van der Waals surface area contributed by atoms with Crippen LogP contribution in [0.3, 0.4) is 0 Å². The number of hydrogen-bond acceptors (Lipinski definition) is 2. The van der Waals surface area contributed by atoms with Gasteiger partial charge in [-0.05, 0) is 74.0 Å². The third-order valence-electron chi connectivity index (χ3n) is 5.47. The Morgan fingerprint density at radius 3 is 2.35 bits per heavy atom. The molecular formula is C21H23Cl3N2. The topological polar surface area (TPSA) is 15.3 Å². The quantitative estimate of drug-likeness (QED) is 0.618. The molecule has 26 heavy (non-hydrogen) atoms. The van der Waals surface area contributed by atoms with E-state index in [0.717, 1.165) is 42.6 Å². The van der Waals surface area contributed by atoms with Crippen molar-refractivity contribution < 1.29 is 0 Å². The van der Waals surface area contributed by atoms with Gasteiger partial charge >= 0.3 is 0 Å². The maximum atomic E-state index is 6.53. The minimum Gasteiger partial charge on any atom is -0.363 e. The Morgan fingerprint density at radius 1 is 0.923 bits per heavy atom. The van der Waals surface area contributed by atoms with Crippen LogP contribution in [0.5, 0.6) is 0 Å². The lowest BCUT2D eigenvalue weighted by Gasteiger charge is -2.42. The monoisotopic (exact) mass is 408 g/mol. The number of nitrogens with one attached hydrogen (secondary N) is 1. The predicted molar refractivity (Wildman–Crippen MR) is 112 cm³/mol. The number of benzene rings is 2. The van der Waals surface area contributed by atoms with Crippen molar-refractivity contribution in [3.05, 3.63) is 63.1 Å². The van der Waals surface area contributed by atoms with E-state index in [-0.39, 0.29) is 6.04 Å². The van der Waals surface area contributed by atoms with Crippen LogP contribution in [-0.2, 0) is 0 Å². The highest BCUT2D eigenvalue weighted by Gasteiger charge is 2.32. The van der Waals surface area contributed by atoms with Crippen LogP contribution >= 0.6 is 34.8 Å². The molecule has 1 heterocycles. The molecule has 2 fully saturated rings. The molecule has 2 aromatic rings. The Kier molecular flexibility index (Phi) is 5.66. The lowest BCUT2D eigenvalue weighted by atomic mass is 9.91. The van der Waals surface area contributed by atoms with Crippen LogP contribution in [0.2, 0.25) is 15.1 Å². The molecule has 0 aromatic heterocycles. The largest absolute Gasteiger partial charge is 0.363 e. The molecule has 2 aromatic carbocycles. The van der Waals surface area contributed by atoms with E-state index in [0.29, 0.717) is 16.1 Å². The lowest BCUT2D eigenvalue weighted by Crippen LogP contribution is -2.45. The average Bonchev–Trinajstić information content (AvgIpc) is 3.45. The average molecular weight is 410 g/mol. The molecule has 1 aliphatic heterocycles. The van der Waals surface area contributed by atoms with Crippen LogP contribution in [0.15, 0.2) is 42.5 Å². The van der Waals surface area contributed by atoms with E-state index in [1.165, 1.54) is 18.4 Å². The summed E-state index contributed by atoms with van der Waals surface area (Å²) in [6, 6.07) is 14.8. The first-order chi connectivity index (χ1) is 12.6. The predicted octanol–water partition coefficient (Wildman–Crippen LogP) is 6.36. The van der Waals surface area contributed by atoms with Gasteiger partial charge in [-0.1, -0.05) is 46.9 Å². The standard InChI is InChI=1S/C21H23Cl3N2/c22-16-5-3-15(4-6-16)21-12-18(25-13-14-1-2-14)9-10-26(21)20-8-7-17(23)11-19(20)24/h3-8,11,14,18,21,25H,1-2,9-10,12-13H2. The van der Waals surface area contributed by atoms with Gasteiger partial charge in [0.25, 0.3) is 0 Å². The maximum Gasteiger partial charge on any atom is 0.0654 e. The minimum absolute atomic E-state index is 0.274. The number of nitrogens with zero attached hydrogens (tertiary/aromatic N) is 1. The van der Waals surface area contributed by atoms with E-state index in [9.17, 15) is 0 Å². The lowest BCUT2D eigenvalue weighted by molar-refractivity contribution is 0.356. The fourth-order valence-electron chi connectivity index (χ4n) is 3.81. The molecule has 1 saturated heterocycles. The van der Waals surface area contributed by atoms with Crippen LogP contribution in [0, 0.1) is 5.92 Å². The molecule has 0 radical (unpaired) electrons. The minimum atomic E-state index is 0.274. The van der Waals surface area contributed by atoms with E-state index in [1.807, 2.05) is 30.3 Å². The number of piperidine rings is 1. The SMILES string of the molecule is Clc1ccc(C2CC(NCC3CC3)CCN2c2ccc(Cl)cc2Cl)cc1. The third-order valence-corrected chi connectivity index (χ3v) is 6.26. The van der Waals surface area contributed by atoms with E-state index >= 15 is 0 Å². The van der Waals surface area contributed by atoms with Crippen molar-refractivity contribution in [2.75, 3.05) is 18.0 Å². The Bertz CT molecular complexity index is 758. The first kappa shape index (κ1) is 18.4. The molecule has 1 N–H and O–H groups in total. The molecule has 0 amide bonds. The van der Waals surface area contributed by atoms with Gasteiger partial charge in [-0.25, -0.2) is 0 Å². The summed E-state index contributed by atoms with van der Waals surface area (Å²) in [5.41, 5.74) is 2.33. The second-order valence-corrected chi connectivity index (χ2v) is 8.71. The molecule has 1 saturated carbocycles. The van der Waals surface area contributed by atoms with Gasteiger partial charge in [0.1, 0.15) is 0 Å². The highest BCUT2D eigenvalue weighted by molar-refractivity contribution is 6.36. The van der Waals surface area contributed by atoms with Gasteiger partial charge in [-0.3, -0.25) is 0 Å². The highest BCUT2D eigenvalue weighted by Crippen LogP contribution is 2.40. The summed E-state index contributed by atoms with van der Waals surface area (Å²) in [5.74, 6) is 0.896. The zero-order chi connectivity index (χ0) is 18.1. The van der Waals surface area contributed by atoms with Gasteiger partial charge in [0.15, 0.2) is 0 Å². The van der Waals surface area contributed by atoms with Crippen molar-refractivity contribution in [2.24, 2.45) is 5.92 Å². The van der Waals surface area contributed by atoms with Crippen molar-refractivity contribution in [2.45, 2.75) is 37.8 Å². The molecular weight excluding hydrogens is 387 g/mol. The van der Waals surface area contributed by atoms with Crippen molar-refractivity contribution in [3.8, 4) is 0 Å². The number of anilines is 1. The molecule has 0 spiro atoms. The summed E-state index contributed by atoms with van der Waals surface area (Å²) in [5, 5.41) is 5.93. The normalized spacial score (nSPS) is 23.3. The highest BCUT2D eigenvalue weighted by atomic mass is 35.5. The van der Waals surface area contributed by atoms with Crippen LogP contribution in [0.4, 0.5) is 5.69 Å². The van der Waals surface area contributed by atoms with Crippen molar-refractivity contribution in [1.82, 2.24) is 5.32 Å². The van der Waals surface area contributed by atoms with Crippen LogP contribution < -0.4 is 10.2 Å². The Morgan fingerprint density at radius 2 is 1.65 bits per heavy atom. The second kappa shape index (κ2) is 7.98. The molecule has 2 aliphatic rings. The number of rotatable bonds is 5.